The van der Waals surface area contributed by atoms with Crippen LogP contribution >= 0.6 is 11.3 Å². The number of carbonyl (C=O) groups excluding carboxylic acids is 3. The van der Waals surface area contributed by atoms with Gasteiger partial charge in [-0.2, -0.15) is 0 Å². The highest BCUT2D eigenvalue weighted by atomic mass is 32.1. The number of urea groups is 1. The monoisotopic (exact) mass is 876 g/mol. The summed E-state index contributed by atoms with van der Waals surface area (Å²) in [5.74, 6) is -1.24. The fourth-order valence-corrected chi connectivity index (χ4v) is 8.40. The van der Waals surface area contributed by atoms with Crippen molar-refractivity contribution in [1.29, 1.82) is 0 Å². The zero-order chi connectivity index (χ0) is 44.7. The summed E-state index contributed by atoms with van der Waals surface area (Å²) in [5.41, 5.74) is 7.73. The molecule has 332 valence electrons. The highest BCUT2D eigenvalue weighted by Gasteiger charge is 2.41. The van der Waals surface area contributed by atoms with Crippen molar-refractivity contribution in [2.75, 3.05) is 26.7 Å². The maximum Gasteiger partial charge on any atom is 0.405 e. The van der Waals surface area contributed by atoms with Gasteiger partial charge < -0.3 is 35.4 Å². The molecule has 0 unspecified atom stereocenters. The van der Waals surface area contributed by atoms with E-state index in [1.165, 1.54) is 11.3 Å². The zero-order valence-electron chi connectivity index (χ0n) is 35.8. The topological polar surface area (TPSA) is 190 Å². The summed E-state index contributed by atoms with van der Waals surface area (Å²) in [4.78, 5) is 66.8. The van der Waals surface area contributed by atoms with Gasteiger partial charge in [-0.15, -0.1) is 11.3 Å². The van der Waals surface area contributed by atoms with E-state index in [1.807, 2.05) is 122 Å². The summed E-state index contributed by atoms with van der Waals surface area (Å²) in [5, 5.41) is 31.7. The van der Waals surface area contributed by atoms with Gasteiger partial charge in [0.1, 0.15) is 17.1 Å². The third kappa shape index (κ3) is 13.2. The molecule has 1 aliphatic heterocycles. The van der Waals surface area contributed by atoms with Crippen molar-refractivity contribution in [3.8, 4) is 11.3 Å². The Hall–Kier alpha value is -6.20. The average Bonchev–Trinajstić information content (AvgIpc) is 3.89. The van der Waals surface area contributed by atoms with E-state index in [4.69, 9.17) is 4.74 Å². The standard InChI is InChI=1S/C47H56N8O7S/c1-4-32(2)43(55-24-23-53(47(55)61)28-37-31-63-42(49-37)30-62-3)45(58)50-39(25-33-13-7-5-8-14-33)41(56)29-54(27-35-18-20-36(21-19-35)38-17-11-12-22-48-38)52-44(57)40(51-46(59)60)26-34-15-9-6-10-16-34/h5-22,31-32,39-41,43,51,56H,4,23-30H2,1-3H3,(H,50,58)(H,52,57)(H,59,60)/t32-,39-,40-,41-,43-/m0/s1. The summed E-state index contributed by atoms with van der Waals surface area (Å²) in [7, 11) is 1.61. The van der Waals surface area contributed by atoms with E-state index < -0.39 is 42.1 Å². The first kappa shape index (κ1) is 46.3. The Morgan fingerprint density at radius 2 is 1.56 bits per heavy atom. The van der Waals surface area contributed by atoms with Crippen LogP contribution in [-0.2, 0) is 46.9 Å². The fourth-order valence-electron chi connectivity index (χ4n) is 7.64. The molecule has 1 aliphatic rings. The van der Waals surface area contributed by atoms with E-state index in [9.17, 15) is 29.4 Å². The van der Waals surface area contributed by atoms with Crippen LogP contribution in [0.2, 0.25) is 0 Å². The van der Waals surface area contributed by atoms with E-state index >= 15 is 0 Å². The van der Waals surface area contributed by atoms with Gasteiger partial charge in [-0.3, -0.25) is 20.0 Å². The highest BCUT2D eigenvalue weighted by molar-refractivity contribution is 7.09. The molecule has 16 heteroatoms. The van der Waals surface area contributed by atoms with Crippen LogP contribution in [-0.4, -0.2) is 110 Å². The lowest BCUT2D eigenvalue weighted by molar-refractivity contribution is -0.131. The molecule has 1 saturated heterocycles. The average molecular weight is 877 g/mol. The molecule has 63 heavy (non-hydrogen) atoms. The Bertz CT molecular complexity index is 2230. The van der Waals surface area contributed by atoms with E-state index in [0.717, 1.165) is 38.6 Å². The molecule has 0 radical (unpaired) electrons. The molecule has 2 aromatic heterocycles. The number of hydrogen-bond donors (Lipinski definition) is 5. The number of aromatic nitrogens is 2. The number of ether oxygens (including phenoxy) is 1. The van der Waals surface area contributed by atoms with Crippen molar-refractivity contribution in [1.82, 2.24) is 40.8 Å². The molecule has 5 N–H and O–H groups in total. The first-order valence-corrected chi connectivity index (χ1v) is 22.0. The molecule has 0 spiro atoms. The molecule has 15 nitrogen and oxygen atoms in total. The second kappa shape index (κ2) is 22.8. The van der Waals surface area contributed by atoms with Gasteiger partial charge in [0.05, 0.1) is 36.7 Å². The molecular weight excluding hydrogens is 821 g/mol. The summed E-state index contributed by atoms with van der Waals surface area (Å²) in [6, 6.07) is 28.7. The number of hydrogen-bond acceptors (Lipinski definition) is 10. The van der Waals surface area contributed by atoms with Gasteiger partial charge in [-0.05, 0) is 41.2 Å². The van der Waals surface area contributed by atoms with Crippen LogP contribution in [0.5, 0.6) is 0 Å². The van der Waals surface area contributed by atoms with Crippen molar-refractivity contribution < 1.29 is 34.1 Å². The molecule has 0 saturated carbocycles. The van der Waals surface area contributed by atoms with Gasteiger partial charge in [0.15, 0.2) is 0 Å². The number of aliphatic hydroxyl groups is 1. The van der Waals surface area contributed by atoms with Crippen LogP contribution in [0.4, 0.5) is 9.59 Å². The lowest BCUT2D eigenvalue weighted by Gasteiger charge is -2.35. The van der Waals surface area contributed by atoms with Crippen molar-refractivity contribution in [3.05, 3.63) is 142 Å². The van der Waals surface area contributed by atoms with Gasteiger partial charge in [0.25, 0.3) is 5.91 Å². The third-order valence-corrected chi connectivity index (χ3v) is 12.0. The van der Waals surface area contributed by atoms with Gasteiger partial charge in [-0.25, -0.2) is 19.6 Å². The molecule has 5 atom stereocenters. The summed E-state index contributed by atoms with van der Waals surface area (Å²) >= 11 is 1.47. The predicted molar refractivity (Wildman–Crippen MR) is 240 cm³/mol. The Kier molecular flexibility index (Phi) is 16.7. The number of methoxy groups -OCH3 is 1. The molecule has 5 amide bonds. The van der Waals surface area contributed by atoms with E-state index in [-0.39, 0.29) is 37.9 Å². The molecule has 0 aliphatic carbocycles. The largest absolute Gasteiger partial charge is 0.465 e. The smallest absolute Gasteiger partial charge is 0.405 e. The van der Waals surface area contributed by atoms with Crippen molar-refractivity contribution >= 4 is 35.3 Å². The summed E-state index contributed by atoms with van der Waals surface area (Å²) < 4.78 is 5.21. The minimum atomic E-state index is -1.36. The Labute approximate surface area is 372 Å². The number of carbonyl (C=O) groups is 4. The second-order valence-corrected chi connectivity index (χ2v) is 16.7. The first-order valence-electron chi connectivity index (χ1n) is 21.1. The Morgan fingerprint density at radius 1 is 0.873 bits per heavy atom. The molecule has 1 fully saturated rings. The van der Waals surface area contributed by atoms with E-state index in [1.54, 1.807) is 28.1 Å². The van der Waals surface area contributed by atoms with Crippen LogP contribution in [0.3, 0.4) is 0 Å². The quantitative estimate of drug-likeness (QED) is 0.0556. The maximum absolute atomic E-state index is 14.6. The third-order valence-electron chi connectivity index (χ3n) is 11.1. The van der Waals surface area contributed by atoms with Crippen LogP contribution in [0.25, 0.3) is 11.3 Å². The second-order valence-electron chi connectivity index (χ2n) is 15.7. The minimum Gasteiger partial charge on any atom is -0.465 e. The number of pyridine rings is 1. The number of hydrazine groups is 1. The molecule has 6 rings (SSSR count). The molecule has 5 aromatic rings. The van der Waals surface area contributed by atoms with Crippen molar-refractivity contribution in [2.45, 2.75) is 77.0 Å². The van der Waals surface area contributed by atoms with E-state index in [0.29, 0.717) is 32.7 Å². The molecular formula is C47H56N8O7S. The highest BCUT2D eigenvalue weighted by Crippen LogP contribution is 2.24. The molecule has 3 heterocycles. The van der Waals surface area contributed by atoms with Crippen LogP contribution in [0, 0.1) is 5.92 Å². The van der Waals surface area contributed by atoms with Crippen LogP contribution in [0.1, 0.15) is 47.7 Å². The Morgan fingerprint density at radius 3 is 2.19 bits per heavy atom. The number of nitrogens with one attached hydrogen (secondary N) is 3. The number of nitrogens with zero attached hydrogens (tertiary/aromatic N) is 5. The van der Waals surface area contributed by atoms with Crippen molar-refractivity contribution in [3.63, 3.8) is 0 Å². The number of thiazole rings is 1. The number of benzene rings is 3. The van der Waals surface area contributed by atoms with Gasteiger partial charge >= 0.3 is 12.1 Å². The van der Waals surface area contributed by atoms with Crippen LogP contribution in [0.15, 0.2) is 115 Å². The zero-order valence-corrected chi connectivity index (χ0v) is 36.6. The SMILES string of the molecule is CC[C@H](C)[C@@H](C(=O)N[C@@H](Cc1ccccc1)[C@@H](O)CN(Cc1ccc(-c2ccccn2)cc1)NC(=O)[C@H](Cc1ccccc1)NC(=O)O)N1CCN(Cc2csc(COC)n2)C1=O. The number of aliphatic hydroxyl groups excluding tert-OH is 1. The van der Waals surface area contributed by atoms with E-state index in [2.05, 4.69) is 26.0 Å². The first-order chi connectivity index (χ1) is 30.5. The van der Waals surface area contributed by atoms with Gasteiger partial charge in [0.2, 0.25) is 5.91 Å². The van der Waals surface area contributed by atoms with Crippen molar-refractivity contribution in [2.24, 2.45) is 5.92 Å². The molecule has 0 bridgehead atoms. The summed E-state index contributed by atoms with van der Waals surface area (Å²) in [6.07, 6.45) is 0.0541. The fraction of sp³-hybridized carbons (Fsp3) is 0.362. The van der Waals surface area contributed by atoms with Gasteiger partial charge in [-0.1, -0.05) is 111 Å². The normalized spacial score (nSPS) is 15.1. The molecule has 3 aromatic carbocycles. The van der Waals surface area contributed by atoms with Crippen LogP contribution < -0.4 is 16.1 Å². The minimum absolute atomic E-state index is 0.0864. The maximum atomic E-state index is 14.6. The lowest BCUT2D eigenvalue weighted by Crippen LogP contribution is -2.59. The summed E-state index contributed by atoms with van der Waals surface area (Å²) in [6.45, 7) is 5.34. The number of carboxylic acid groups (broad SMARTS) is 1. The number of amides is 5. The lowest BCUT2D eigenvalue weighted by atomic mass is 9.95. The number of rotatable bonds is 22. The Balaban J connectivity index is 1.24. The predicted octanol–water partition coefficient (Wildman–Crippen LogP) is 5.50. The van der Waals surface area contributed by atoms with Gasteiger partial charge in [0, 0.05) is 56.9 Å².